The van der Waals surface area contributed by atoms with Gasteiger partial charge in [0.1, 0.15) is 30.5 Å². The van der Waals surface area contributed by atoms with Crippen molar-refractivity contribution >= 4 is 0 Å². The van der Waals surface area contributed by atoms with Gasteiger partial charge in [-0.3, -0.25) is 4.84 Å². The Balaban J connectivity index is 2.08. The third-order valence-corrected chi connectivity index (χ3v) is 3.41. The van der Waals surface area contributed by atoms with Crippen LogP contribution in [0.3, 0.4) is 0 Å². The molecule has 2 aliphatic rings. The van der Waals surface area contributed by atoms with Gasteiger partial charge >= 0.3 is 0 Å². The molecule has 0 saturated carbocycles. The number of nitrogens with zero attached hydrogens (tertiary/aromatic N) is 1. The maximum Gasteiger partial charge on any atom is 0.114 e. The van der Waals surface area contributed by atoms with Crippen LogP contribution in [0.4, 0.5) is 0 Å². The number of hydrogen-bond acceptors (Lipinski definition) is 7. The minimum atomic E-state index is -1.32. The minimum Gasteiger partial charge on any atom is -0.394 e. The third-order valence-electron chi connectivity index (χ3n) is 3.41. The fourth-order valence-corrected chi connectivity index (χ4v) is 2.39. The number of likely N-dealkylation sites (N-methyl/N-ethyl adjacent to an activating group) is 1. The lowest BCUT2D eigenvalue weighted by atomic mass is 9.96. The van der Waals surface area contributed by atoms with Gasteiger partial charge in [-0.2, -0.15) is 5.06 Å². The first-order valence-electron chi connectivity index (χ1n) is 5.71. The first-order chi connectivity index (χ1) is 8.04. The predicted octanol–water partition coefficient (Wildman–Crippen LogP) is -2.54. The van der Waals surface area contributed by atoms with Gasteiger partial charge in [-0.25, -0.2) is 0 Å². The zero-order valence-electron chi connectivity index (χ0n) is 9.64. The second-order valence-electron chi connectivity index (χ2n) is 4.61. The van der Waals surface area contributed by atoms with Crippen LogP contribution in [-0.2, 0) is 9.57 Å². The summed E-state index contributed by atoms with van der Waals surface area (Å²) >= 11 is 0. The highest BCUT2D eigenvalue weighted by Gasteiger charge is 2.46. The SMILES string of the molecule is CN1O[C@@H]2CO[C@@H]([C@H](O)[C@H](O)CO)[C@@H](O)[C@H]1C2. The Bertz CT molecular complexity index is 265. The Morgan fingerprint density at radius 3 is 2.76 bits per heavy atom. The average Bonchev–Trinajstić information content (AvgIpc) is 2.60. The summed E-state index contributed by atoms with van der Waals surface area (Å²) in [5.41, 5.74) is 0. The number of rotatable bonds is 3. The minimum absolute atomic E-state index is 0.136. The van der Waals surface area contributed by atoms with E-state index >= 15 is 0 Å². The lowest BCUT2D eigenvalue weighted by molar-refractivity contribution is -0.227. The largest absolute Gasteiger partial charge is 0.394 e. The average molecular weight is 249 g/mol. The molecule has 100 valence electrons. The van der Waals surface area contributed by atoms with Crippen LogP contribution >= 0.6 is 0 Å². The first-order valence-corrected chi connectivity index (χ1v) is 5.71. The molecule has 2 saturated heterocycles. The summed E-state index contributed by atoms with van der Waals surface area (Å²) in [6.45, 7) is -0.327. The van der Waals surface area contributed by atoms with Crippen molar-refractivity contribution in [1.29, 1.82) is 0 Å². The maximum atomic E-state index is 10.1. The van der Waals surface area contributed by atoms with Gasteiger partial charge in [0.25, 0.3) is 0 Å². The molecule has 0 aliphatic carbocycles. The molecule has 7 nitrogen and oxygen atoms in total. The Hall–Kier alpha value is -0.280. The van der Waals surface area contributed by atoms with E-state index in [9.17, 15) is 15.3 Å². The summed E-state index contributed by atoms with van der Waals surface area (Å²) in [6.07, 6.45) is -4.04. The van der Waals surface area contributed by atoms with Gasteiger partial charge in [-0.15, -0.1) is 0 Å². The molecule has 4 N–H and O–H groups in total. The monoisotopic (exact) mass is 249 g/mol. The Morgan fingerprint density at radius 1 is 1.41 bits per heavy atom. The molecule has 0 aromatic carbocycles. The smallest absolute Gasteiger partial charge is 0.114 e. The van der Waals surface area contributed by atoms with Crippen molar-refractivity contribution in [1.82, 2.24) is 5.06 Å². The molecule has 7 heteroatoms. The van der Waals surface area contributed by atoms with Crippen molar-refractivity contribution < 1.29 is 30.0 Å². The Kier molecular flexibility index (Phi) is 3.99. The predicted molar refractivity (Wildman–Crippen MR) is 55.9 cm³/mol. The Morgan fingerprint density at radius 2 is 2.12 bits per heavy atom. The lowest BCUT2D eigenvalue weighted by Gasteiger charge is -2.34. The number of hydroxylamine groups is 2. The van der Waals surface area contributed by atoms with E-state index in [-0.39, 0.29) is 18.8 Å². The molecule has 2 rings (SSSR count). The van der Waals surface area contributed by atoms with E-state index in [1.807, 2.05) is 0 Å². The molecule has 0 unspecified atom stereocenters. The first kappa shape index (κ1) is 13.2. The number of aliphatic hydroxyl groups is 4. The van der Waals surface area contributed by atoms with Gasteiger partial charge in [0, 0.05) is 7.05 Å². The fourth-order valence-electron chi connectivity index (χ4n) is 2.39. The van der Waals surface area contributed by atoms with Crippen molar-refractivity contribution in [3.8, 4) is 0 Å². The van der Waals surface area contributed by atoms with Gasteiger partial charge in [0.15, 0.2) is 0 Å². The maximum absolute atomic E-state index is 10.1. The van der Waals surface area contributed by atoms with Crippen molar-refractivity contribution in [3.05, 3.63) is 0 Å². The molecule has 0 aromatic heterocycles. The summed E-state index contributed by atoms with van der Waals surface area (Å²) in [5, 5.41) is 39.7. The van der Waals surface area contributed by atoms with Crippen LogP contribution in [0.2, 0.25) is 0 Å². The number of ether oxygens (including phenoxy) is 1. The van der Waals surface area contributed by atoms with Crippen LogP contribution in [-0.4, -0.2) is 82.3 Å². The molecular formula is C10H19NO6. The van der Waals surface area contributed by atoms with E-state index in [0.717, 1.165) is 0 Å². The highest BCUT2D eigenvalue weighted by Crippen LogP contribution is 2.29. The zero-order chi connectivity index (χ0) is 12.6. The number of aliphatic hydroxyl groups excluding tert-OH is 4. The molecular weight excluding hydrogens is 230 g/mol. The van der Waals surface area contributed by atoms with Crippen LogP contribution in [0.1, 0.15) is 6.42 Å². The summed E-state index contributed by atoms with van der Waals surface area (Å²) in [7, 11) is 1.71. The molecule has 17 heavy (non-hydrogen) atoms. The quantitative estimate of drug-likeness (QED) is 0.437. The van der Waals surface area contributed by atoms with Crippen LogP contribution in [0.5, 0.6) is 0 Å². The van der Waals surface area contributed by atoms with Gasteiger partial charge < -0.3 is 25.2 Å². The van der Waals surface area contributed by atoms with E-state index in [2.05, 4.69) is 0 Å². The number of hydrogen-bond donors (Lipinski definition) is 4. The Labute approximate surface area is 99.1 Å². The summed E-state index contributed by atoms with van der Waals surface area (Å²) in [4.78, 5) is 5.41. The van der Waals surface area contributed by atoms with Gasteiger partial charge in [0.05, 0.1) is 19.3 Å². The van der Waals surface area contributed by atoms with Gasteiger partial charge in [-0.1, -0.05) is 0 Å². The molecule has 2 fully saturated rings. The van der Waals surface area contributed by atoms with E-state index in [1.54, 1.807) is 12.1 Å². The molecule has 0 radical (unpaired) electrons. The van der Waals surface area contributed by atoms with Crippen LogP contribution in [0, 0.1) is 0 Å². The van der Waals surface area contributed by atoms with E-state index < -0.39 is 31.0 Å². The lowest BCUT2D eigenvalue weighted by Crippen LogP contribution is -2.53. The summed E-state index contributed by atoms with van der Waals surface area (Å²) in [5.74, 6) is 0. The van der Waals surface area contributed by atoms with Gasteiger partial charge in [0.2, 0.25) is 0 Å². The van der Waals surface area contributed by atoms with Crippen LogP contribution in [0.15, 0.2) is 0 Å². The second-order valence-corrected chi connectivity index (χ2v) is 4.61. The van der Waals surface area contributed by atoms with Crippen LogP contribution in [0.25, 0.3) is 0 Å². The fraction of sp³-hybridized carbons (Fsp3) is 1.00. The molecule has 0 amide bonds. The molecule has 6 atom stereocenters. The summed E-state index contributed by atoms with van der Waals surface area (Å²) in [6, 6.07) is -0.270. The van der Waals surface area contributed by atoms with Gasteiger partial charge in [-0.05, 0) is 6.42 Å². The molecule has 0 aromatic rings. The second kappa shape index (κ2) is 5.15. The standard InChI is InChI=1S/C10H19NO6/c1-11-6-2-5(17-11)4-16-10(8(6)14)9(15)7(13)3-12/h5-10,12-15H,2-4H2,1H3/t5-,6+,7+,8-,9+,10+/m0/s1. The van der Waals surface area contributed by atoms with Crippen molar-refractivity contribution in [2.24, 2.45) is 0 Å². The molecule has 2 bridgehead atoms. The van der Waals surface area contributed by atoms with Crippen molar-refractivity contribution in [2.45, 2.75) is 43.0 Å². The van der Waals surface area contributed by atoms with E-state index in [0.29, 0.717) is 6.42 Å². The normalized spacial score (nSPS) is 42.2. The highest BCUT2D eigenvalue weighted by atomic mass is 16.7. The van der Waals surface area contributed by atoms with Crippen molar-refractivity contribution in [2.75, 3.05) is 20.3 Å². The number of fused-ring (bicyclic) bond motifs is 2. The molecule has 2 heterocycles. The zero-order valence-corrected chi connectivity index (χ0v) is 9.64. The molecule has 0 spiro atoms. The summed E-state index contributed by atoms with van der Waals surface area (Å²) < 4.78 is 5.36. The molecule has 2 aliphatic heterocycles. The van der Waals surface area contributed by atoms with Crippen molar-refractivity contribution in [3.63, 3.8) is 0 Å². The van der Waals surface area contributed by atoms with E-state index in [4.69, 9.17) is 14.7 Å². The van der Waals surface area contributed by atoms with Crippen LogP contribution < -0.4 is 0 Å². The third kappa shape index (κ3) is 2.45. The highest BCUT2D eigenvalue weighted by molar-refractivity contribution is 4.94. The van der Waals surface area contributed by atoms with E-state index in [1.165, 1.54) is 0 Å². The topological polar surface area (TPSA) is 103 Å².